The highest BCUT2D eigenvalue weighted by molar-refractivity contribution is 5.23. The number of ether oxygens (including phenoxy) is 1. The van der Waals surface area contributed by atoms with Gasteiger partial charge in [-0.1, -0.05) is 43.2 Å². The molecule has 1 fully saturated rings. The lowest BCUT2D eigenvalue weighted by atomic mass is 9.88. The van der Waals surface area contributed by atoms with Crippen molar-refractivity contribution < 1.29 is 9.84 Å². The van der Waals surface area contributed by atoms with Gasteiger partial charge in [0.25, 0.3) is 0 Å². The Kier molecular flexibility index (Phi) is 5.68. The zero-order valence-electron chi connectivity index (χ0n) is 14.9. The molecule has 1 N–H and O–H groups in total. The summed E-state index contributed by atoms with van der Waals surface area (Å²) in [4.78, 5) is 0. The molecular weight excluding hydrogens is 272 g/mol. The molecule has 2 heteroatoms. The summed E-state index contributed by atoms with van der Waals surface area (Å²) in [5.74, 6) is 0.356. The predicted octanol–water partition coefficient (Wildman–Crippen LogP) is 4.94. The zero-order chi connectivity index (χ0) is 16.3. The van der Waals surface area contributed by atoms with Crippen LogP contribution in [-0.4, -0.2) is 22.9 Å². The second-order valence-corrected chi connectivity index (χ2v) is 7.60. The summed E-state index contributed by atoms with van der Waals surface area (Å²) in [6.45, 7) is 10.8. The van der Waals surface area contributed by atoms with Crippen molar-refractivity contribution in [3.05, 3.63) is 34.9 Å². The SMILES string of the molecule is C/C1=C/CC/C(C)=C/C=C(/C(C)C)[C@@H](O)C[C@]2(C)O[C@@H]2CC1. The summed E-state index contributed by atoms with van der Waals surface area (Å²) in [5, 5.41) is 10.7. The molecule has 0 aromatic heterocycles. The van der Waals surface area contributed by atoms with Crippen molar-refractivity contribution in [3.8, 4) is 0 Å². The first-order valence-corrected chi connectivity index (χ1v) is 8.70. The number of allylic oxidation sites excluding steroid dienone is 5. The molecular formula is C20H32O2. The molecule has 1 saturated heterocycles. The van der Waals surface area contributed by atoms with Crippen LogP contribution in [0.3, 0.4) is 0 Å². The number of aliphatic hydroxyl groups is 1. The number of fused-ring (bicyclic) bond motifs is 1. The van der Waals surface area contributed by atoms with Crippen molar-refractivity contribution in [1.29, 1.82) is 0 Å². The molecule has 22 heavy (non-hydrogen) atoms. The molecule has 0 spiro atoms. The van der Waals surface area contributed by atoms with E-state index in [9.17, 15) is 5.11 Å². The number of aliphatic hydroxyl groups excluding tert-OH is 1. The Labute approximate surface area is 136 Å². The fourth-order valence-electron chi connectivity index (χ4n) is 3.35. The molecule has 1 aliphatic heterocycles. The third-order valence-electron chi connectivity index (χ3n) is 5.08. The second kappa shape index (κ2) is 7.14. The third kappa shape index (κ3) is 4.57. The van der Waals surface area contributed by atoms with E-state index < -0.39 is 6.10 Å². The van der Waals surface area contributed by atoms with Crippen molar-refractivity contribution in [3.63, 3.8) is 0 Å². The minimum absolute atomic E-state index is 0.142. The standard InChI is InChI=1S/C20H32O2/c1-14(2)17-11-9-15(3)7-6-8-16(4)10-12-19-20(5,22-19)13-18(17)21/h8-9,11,14,18-19,21H,6-7,10,12-13H2,1-5H3/b15-9+,16-8-,17-11-/t18-,19+,20-/m0/s1. The van der Waals surface area contributed by atoms with Gasteiger partial charge in [-0.2, -0.15) is 0 Å². The highest BCUT2D eigenvalue weighted by atomic mass is 16.6. The second-order valence-electron chi connectivity index (χ2n) is 7.60. The average Bonchev–Trinajstić information content (AvgIpc) is 3.05. The van der Waals surface area contributed by atoms with Crippen LogP contribution in [0.5, 0.6) is 0 Å². The van der Waals surface area contributed by atoms with E-state index in [4.69, 9.17) is 4.74 Å². The zero-order valence-corrected chi connectivity index (χ0v) is 14.9. The van der Waals surface area contributed by atoms with E-state index >= 15 is 0 Å². The van der Waals surface area contributed by atoms with Crippen molar-refractivity contribution >= 4 is 0 Å². The lowest BCUT2D eigenvalue weighted by Gasteiger charge is -2.20. The van der Waals surface area contributed by atoms with E-state index in [1.165, 1.54) is 11.1 Å². The van der Waals surface area contributed by atoms with Gasteiger partial charge in [-0.3, -0.25) is 0 Å². The van der Waals surface area contributed by atoms with Crippen LogP contribution < -0.4 is 0 Å². The summed E-state index contributed by atoms with van der Waals surface area (Å²) in [6.07, 6.45) is 11.7. The van der Waals surface area contributed by atoms with Gasteiger partial charge in [0.1, 0.15) is 0 Å². The summed E-state index contributed by atoms with van der Waals surface area (Å²) in [5.41, 5.74) is 3.81. The van der Waals surface area contributed by atoms with Gasteiger partial charge in [0.15, 0.2) is 0 Å². The Morgan fingerprint density at radius 3 is 2.59 bits per heavy atom. The van der Waals surface area contributed by atoms with Crippen molar-refractivity contribution in [2.24, 2.45) is 5.92 Å². The molecule has 0 amide bonds. The van der Waals surface area contributed by atoms with Gasteiger partial charge in [-0.25, -0.2) is 0 Å². The van der Waals surface area contributed by atoms with E-state index in [1.54, 1.807) is 0 Å². The Bertz CT molecular complexity index is 484. The molecule has 0 bridgehead atoms. The quantitative estimate of drug-likeness (QED) is 0.549. The van der Waals surface area contributed by atoms with Gasteiger partial charge < -0.3 is 9.84 Å². The highest BCUT2D eigenvalue weighted by Crippen LogP contribution is 2.44. The molecule has 1 aliphatic carbocycles. The Morgan fingerprint density at radius 2 is 1.91 bits per heavy atom. The van der Waals surface area contributed by atoms with Crippen LogP contribution in [0.4, 0.5) is 0 Å². The van der Waals surface area contributed by atoms with E-state index in [0.29, 0.717) is 18.4 Å². The van der Waals surface area contributed by atoms with Gasteiger partial charge in [0, 0.05) is 6.42 Å². The predicted molar refractivity (Wildman–Crippen MR) is 92.8 cm³/mol. The Morgan fingerprint density at radius 1 is 1.18 bits per heavy atom. The number of hydrogen-bond donors (Lipinski definition) is 1. The molecule has 2 nitrogen and oxygen atoms in total. The topological polar surface area (TPSA) is 32.8 Å². The molecule has 0 radical (unpaired) electrons. The highest BCUT2D eigenvalue weighted by Gasteiger charge is 2.52. The fraction of sp³-hybridized carbons (Fsp3) is 0.700. The van der Waals surface area contributed by atoms with Gasteiger partial charge in [0.05, 0.1) is 17.8 Å². The smallest absolute Gasteiger partial charge is 0.0948 e. The third-order valence-corrected chi connectivity index (χ3v) is 5.08. The lowest BCUT2D eigenvalue weighted by Crippen LogP contribution is -2.24. The van der Waals surface area contributed by atoms with Crippen LogP contribution in [0.25, 0.3) is 0 Å². The van der Waals surface area contributed by atoms with Crippen LogP contribution in [0.1, 0.15) is 66.7 Å². The van der Waals surface area contributed by atoms with E-state index in [1.807, 2.05) is 0 Å². The lowest BCUT2D eigenvalue weighted by molar-refractivity contribution is 0.151. The van der Waals surface area contributed by atoms with E-state index in [-0.39, 0.29) is 5.60 Å². The van der Waals surface area contributed by atoms with Crippen LogP contribution in [0.15, 0.2) is 34.9 Å². The number of hydrogen-bond acceptors (Lipinski definition) is 2. The first-order chi connectivity index (χ1) is 10.3. The molecule has 2 aliphatic rings. The van der Waals surface area contributed by atoms with Crippen molar-refractivity contribution in [2.45, 2.75) is 84.5 Å². The van der Waals surface area contributed by atoms with Crippen LogP contribution in [0.2, 0.25) is 0 Å². The average molecular weight is 304 g/mol. The van der Waals surface area contributed by atoms with Gasteiger partial charge in [-0.05, 0) is 57.9 Å². The fourth-order valence-corrected chi connectivity index (χ4v) is 3.35. The van der Waals surface area contributed by atoms with Crippen LogP contribution >= 0.6 is 0 Å². The van der Waals surface area contributed by atoms with Crippen LogP contribution in [0, 0.1) is 5.92 Å². The van der Waals surface area contributed by atoms with Crippen molar-refractivity contribution in [2.75, 3.05) is 0 Å². The van der Waals surface area contributed by atoms with E-state index in [0.717, 1.165) is 31.3 Å². The van der Waals surface area contributed by atoms with Crippen LogP contribution in [-0.2, 0) is 4.74 Å². The maximum Gasteiger partial charge on any atom is 0.0948 e. The monoisotopic (exact) mass is 304 g/mol. The summed E-state index contributed by atoms with van der Waals surface area (Å²) in [6, 6.07) is 0. The minimum atomic E-state index is -0.404. The summed E-state index contributed by atoms with van der Waals surface area (Å²) >= 11 is 0. The van der Waals surface area contributed by atoms with Crippen molar-refractivity contribution in [1.82, 2.24) is 0 Å². The molecule has 0 aromatic rings. The van der Waals surface area contributed by atoms with Gasteiger partial charge in [0.2, 0.25) is 0 Å². The summed E-state index contributed by atoms with van der Waals surface area (Å²) < 4.78 is 5.92. The first kappa shape index (κ1) is 17.5. The maximum absolute atomic E-state index is 10.7. The molecule has 124 valence electrons. The molecule has 2 rings (SSSR count). The largest absolute Gasteiger partial charge is 0.389 e. The first-order valence-electron chi connectivity index (χ1n) is 8.70. The van der Waals surface area contributed by atoms with Gasteiger partial charge >= 0.3 is 0 Å². The molecule has 1 heterocycles. The Balaban J connectivity index is 2.21. The molecule has 0 saturated carbocycles. The van der Waals surface area contributed by atoms with Gasteiger partial charge in [-0.15, -0.1) is 0 Å². The molecule has 0 unspecified atom stereocenters. The normalized spacial score (nSPS) is 41.3. The molecule has 3 atom stereocenters. The maximum atomic E-state index is 10.7. The minimum Gasteiger partial charge on any atom is -0.389 e. The number of rotatable bonds is 1. The van der Waals surface area contributed by atoms with E-state index in [2.05, 4.69) is 52.8 Å². The molecule has 0 aromatic carbocycles. The Hall–Kier alpha value is -0.860. The summed E-state index contributed by atoms with van der Waals surface area (Å²) in [7, 11) is 0. The number of epoxide rings is 1.